The van der Waals surface area contributed by atoms with Crippen molar-refractivity contribution in [2.75, 3.05) is 13.1 Å². The zero-order chi connectivity index (χ0) is 15.5. The molecular weight excluding hydrogens is 286 g/mol. The summed E-state index contributed by atoms with van der Waals surface area (Å²) in [5.41, 5.74) is 0. The van der Waals surface area contributed by atoms with Gasteiger partial charge >= 0.3 is 0 Å². The standard InChI is InChI=1S/C15H31N3O2S/c1-4-15(12(2)3)17-21(19,20)18-10-6-5-7-14(18)11-16-13-8-9-13/h12-17H,4-11H2,1-3H3. The molecule has 5 nitrogen and oxygen atoms in total. The fourth-order valence-corrected chi connectivity index (χ4v) is 4.93. The summed E-state index contributed by atoms with van der Waals surface area (Å²) in [4.78, 5) is 0. The van der Waals surface area contributed by atoms with E-state index >= 15 is 0 Å². The van der Waals surface area contributed by atoms with Crippen LogP contribution in [0.1, 0.15) is 59.3 Å². The van der Waals surface area contributed by atoms with E-state index in [0.717, 1.165) is 32.2 Å². The molecule has 0 bridgehead atoms. The van der Waals surface area contributed by atoms with Crippen LogP contribution in [-0.2, 0) is 10.2 Å². The maximum absolute atomic E-state index is 12.7. The molecule has 21 heavy (non-hydrogen) atoms. The molecule has 2 aliphatic rings. The summed E-state index contributed by atoms with van der Waals surface area (Å²) in [5.74, 6) is 0.317. The Morgan fingerprint density at radius 3 is 2.48 bits per heavy atom. The number of nitrogens with zero attached hydrogens (tertiary/aromatic N) is 1. The van der Waals surface area contributed by atoms with Gasteiger partial charge in [-0.05, 0) is 38.0 Å². The van der Waals surface area contributed by atoms with E-state index in [1.54, 1.807) is 4.31 Å². The lowest BCUT2D eigenvalue weighted by Crippen LogP contribution is -2.55. The van der Waals surface area contributed by atoms with E-state index in [1.165, 1.54) is 12.8 Å². The predicted octanol–water partition coefficient (Wildman–Crippen LogP) is 1.86. The van der Waals surface area contributed by atoms with Crippen molar-refractivity contribution in [2.24, 2.45) is 5.92 Å². The predicted molar refractivity (Wildman–Crippen MR) is 86.3 cm³/mol. The summed E-state index contributed by atoms with van der Waals surface area (Å²) in [6.07, 6.45) is 6.38. The number of rotatable bonds is 8. The Morgan fingerprint density at radius 2 is 1.90 bits per heavy atom. The molecule has 0 spiro atoms. The minimum atomic E-state index is -3.37. The van der Waals surface area contributed by atoms with Gasteiger partial charge in [0.2, 0.25) is 0 Å². The van der Waals surface area contributed by atoms with Crippen LogP contribution in [0.2, 0.25) is 0 Å². The molecule has 1 heterocycles. The van der Waals surface area contributed by atoms with E-state index in [0.29, 0.717) is 18.5 Å². The Bertz CT molecular complexity index is 421. The van der Waals surface area contributed by atoms with Crippen molar-refractivity contribution in [3.8, 4) is 0 Å². The Balaban J connectivity index is 1.99. The molecule has 0 radical (unpaired) electrons. The van der Waals surface area contributed by atoms with Crippen LogP contribution in [-0.4, -0.2) is 43.9 Å². The fourth-order valence-electron chi connectivity index (χ4n) is 3.03. The van der Waals surface area contributed by atoms with Crippen LogP contribution in [0.15, 0.2) is 0 Å². The molecule has 6 heteroatoms. The summed E-state index contributed by atoms with van der Waals surface area (Å²) in [6.45, 7) is 7.62. The van der Waals surface area contributed by atoms with Crippen molar-refractivity contribution in [2.45, 2.75) is 77.4 Å². The molecule has 2 unspecified atom stereocenters. The van der Waals surface area contributed by atoms with Crippen molar-refractivity contribution >= 4 is 10.2 Å². The first-order valence-electron chi connectivity index (χ1n) is 8.46. The van der Waals surface area contributed by atoms with Crippen molar-refractivity contribution < 1.29 is 8.42 Å². The molecule has 1 aliphatic carbocycles. The summed E-state index contributed by atoms with van der Waals surface area (Å²) in [7, 11) is -3.37. The number of piperidine rings is 1. The van der Waals surface area contributed by atoms with E-state index in [4.69, 9.17) is 0 Å². The Kier molecular flexibility index (Phi) is 6.05. The largest absolute Gasteiger partial charge is 0.312 e. The van der Waals surface area contributed by atoms with Gasteiger partial charge in [0, 0.05) is 31.2 Å². The quantitative estimate of drug-likeness (QED) is 0.718. The van der Waals surface area contributed by atoms with Gasteiger partial charge in [0.15, 0.2) is 0 Å². The molecule has 2 atom stereocenters. The lowest BCUT2D eigenvalue weighted by molar-refractivity contribution is 0.239. The van der Waals surface area contributed by atoms with Gasteiger partial charge in [-0.25, -0.2) is 0 Å². The van der Waals surface area contributed by atoms with Crippen molar-refractivity contribution in [3.05, 3.63) is 0 Å². The smallest absolute Gasteiger partial charge is 0.280 e. The maximum atomic E-state index is 12.7. The molecule has 124 valence electrons. The van der Waals surface area contributed by atoms with E-state index in [1.807, 2.05) is 6.92 Å². The van der Waals surface area contributed by atoms with Gasteiger partial charge in [-0.2, -0.15) is 17.4 Å². The second kappa shape index (κ2) is 7.40. The number of hydrogen-bond donors (Lipinski definition) is 2. The highest BCUT2D eigenvalue weighted by Gasteiger charge is 2.34. The van der Waals surface area contributed by atoms with Crippen LogP contribution >= 0.6 is 0 Å². The van der Waals surface area contributed by atoms with E-state index < -0.39 is 10.2 Å². The van der Waals surface area contributed by atoms with Gasteiger partial charge in [-0.15, -0.1) is 0 Å². The van der Waals surface area contributed by atoms with Gasteiger partial charge in [-0.1, -0.05) is 27.2 Å². The third kappa shape index (κ3) is 4.91. The van der Waals surface area contributed by atoms with Crippen LogP contribution in [0.4, 0.5) is 0 Å². The van der Waals surface area contributed by atoms with Crippen molar-refractivity contribution in [3.63, 3.8) is 0 Å². The first-order valence-corrected chi connectivity index (χ1v) is 9.90. The first kappa shape index (κ1) is 17.2. The maximum Gasteiger partial charge on any atom is 0.280 e. The monoisotopic (exact) mass is 317 g/mol. The minimum Gasteiger partial charge on any atom is -0.312 e. The second-order valence-corrected chi connectivity index (χ2v) is 8.48. The molecule has 2 fully saturated rings. The Morgan fingerprint density at radius 1 is 1.19 bits per heavy atom. The zero-order valence-corrected chi connectivity index (χ0v) is 14.5. The molecule has 1 saturated heterocycles. The molecule has 0 aromatic carbocycles. The zero-order valence-electron chi connectivity index (χ0n) is 13.6. The normalized spacial score (nSPS) is 26.2. The van der Waals surface area contributed by atoms with Crippen LogP contribution in [0.5, 0.6) is 0 Å². The van der Waals surface area contributed by atoms with Gasteiger partial charge in [-0.3, -0.25) is 0 Å². The topological polar surface area (TPSA) is 61.4 Å². The average Bonchev–Trinajstić information content (AvgIpc) is 3.26. The third-order valence-corrected chi connectivity index (χ3v) is 6.35. The minimum absolute atomic E-state index is 0.0222. The second-order valence-electron chi connectivity index (χ2n) is 6.82. The molecule has 2 rings (SSSR count). The molecule has 0 aromatic rings. The SMILES string of the molecule is CCC(NS(=O)(=O)N1CCCCC1CNC1CC1)C(C)C. The highest BCUT2D eigenvalue weighted by molar-refractivity contribution is 7.87. The van der Waals surface area contributed by atoms with Gasteiger partial charge < -0.3 is 5.32 Å². The molecule has 2 N–H and O–H groups in total. The van der Waals surface area contributed by atoms with Crippen LogP contribution in [0.25, 0.3) is 0 Å². The Labute approximate surface area is 130 Å². The summed E-state index contributed by atoms with van der Waals surface area (Å²) >= 11 is 0. The van der Waals surface area contributed by atoms with E-state index in [-0.39, 0.29) is 12.1 Å². The van der Waals surface area contributed by atoms with E-state index in [9.17, 15) is 8.42 Å². The lowest BCUT2D eigenvalue weighted by atomic mass is 10.0. The van der Waals surface area contributed by atoms with Crippen molar-refractivity contribution in [1.29, 1.82) is 0 Å². The van der Waals surface area contributed by atoms with Crippen LogP contribution in [0.3, 0.4) is 0 Å². The number of hydrogen-bond acceptors (Lipinski definition) is 3. The van der Waals surface area contributed by atoms with Crippen LogP contribution < -0.4 is 10.0 Å². The summed E-state index contributed by atoms with van der Waals surface area (Å²) < 4.78 is 30.1. The Hall–Kier alpha value is -0.170. The fraction of sp³-hybridized carbons (Fsp3) is 1.00. The van der Waals surface area contributed by atoms with Gasteiger partial charge in [0.05, 0.1) is 0 Å². The first-order chi connectivity index (χ1) is 9.94. The van der Waals surface area contributed by atoms with Gasteiger partial charge in [0.25, 0.3) is 10.2 Å². The highest BCUT2D eigenvalue weighted by Crippen LogP contribution is 2.23. The number of nitrogens with one attached hydrogen (secondary N) is 2. The lowest BCUT2D eigenvalue weighted by Gasteiger charge is -2.36. The van der Waals surface area contributed by atoms with Crippen LogP contribution in [0, 0.1) is 5.92 Å². The molecular formula is C15H31N3O2S. The molecule has 1 aliphatic heterocycles. The molecule has 1 saturated carbocycles. The highest BCUT2D eigenvalue weighted by atomic mass is 32.2. The van der Waals surface area contributed by atoms with E-state index in [2.05, 4.69) is 23.9 Å². The van der Waals surface area contributed by atoms with Crippen molar-refractivity contribution in [1.82, 2.24) is 14.3 Å². The average molecular weight is 317 g/mol. The summed E-state index contributed by atoms with van der Waals surface area (Å²) in [6, 6.07) is 0.763. The molecule has 0 aromatic heterocycles. The molecule has 0 amide bonds. The summed E-state index contributed by atoms with van der Waals surface area (Å²) in [5, 5.41) is 3.48. The third-order valence-electron chi connectivity index (χ3n) is 4.65. The van der Waals surface area contributed by atoms with Gasteiger partial charge in [0.1, 0.15) is 0 Å².